The van der Waals surface area contributed by atoms with Crippen molar-refractivity contribution in [3.8, 4) is 5.75 Å². The minimum atomic E-state index is 0.0509. The maximum Gasteiger partial charge on any atom is 0.239 e. The maximum absolute atomic E-state index is 12.0. The smallest absolute Gasteiger partial charge is 0.239 e. The average Bonchev–Trinajstić information content (AvgIpc) is 2.83. The van der Waals surface area contributed by atoms with E-state index in [1.54, 1.807) is 0 Å². The highest BCUT2D eigenvalue weighted by Crippen LogP contribution is 2.26. The van der Waals surface area contributed by atoms with E-state index in [2.05, 4.69) is 19.2 Å². The van der Waals surface area contributed by atoms with Crippen LogP contribution in [0.5, 0.6) is 5.75 Å². The number of fused-ring (bicyclic) bond motifs is 1. The van der Waals surface area contributed by atoms with Crippen molar-refractivity contribution in [2.24, 2.45) is 5.92 Å². The first-order chi connectivity index (χ1) is 10.1. The van der Waals surface area contributed by atoms with Crippen molar-refractivity contribution >= 4 is 16.8 Å². The van der Waals surface area contributed by atoms with Gasteiger partial charge in [0.25, 0.3) is 0 Å². The largest absolute Gasteiger partial charge is 0.493 e. The third-order valence-electron chi connectivity index (χ3n) is 3.43. The molecule has 4 heteroatoms. The predicted octanol–water partition coefficient (Wildman–Crippen LogP) is 3.20. The van der Waals surface area contributed by atoms with E-state index in [4.69, 9.17) is 4.74 Å². The minimum absolute atomic E-state index is 0.0509. The second-order valence-corrected chi connectivity index (χ2v) is 5.60. The normalized spacial score (nSPS) is 11.0. The van der Waals surface area contributed by atoms with Gasteiger partial charge in [0, 0.05) is 18.1 Å². The number of nitrogens with one attached hydrogen (secondary N) is 1. The van der Waals surface area contributed by atoms with E-state index in [0.29, 0.717) is 19.1 Å². The van der Waals surface area contributed by atoms with Crippen LogP contribution >= 0.6 is 0 Å². The zero-order chi connectivity index (χ0) is 15.2. The van der Waals surface area contributed by atoms with Crippen LogP contribution in [-0.4, -0.2) is 23.6 Å². The lowest BCUT2D eigenvalue weighted by atomic mass is 10.1. The molecule has 21 heavy (non-hydrogen) atoms. The number of rotatable bonds is 7. The Morgan fingerprint density at radius 3 is 2.86 bits per heavy atom. The molecule has 0 fully saturated rings. The summed E-state index contributed by atoms with van der Waals surface area (Å²) >= 11 is 0. The molecule has 4 nitrogen and oxygen atoms in total. The molecule has 0 aliphatic rings. The molecule has 1 heterocycles. The topological polar surface area (TPSA) is 43.3 Å². The number of amides is 1. The summed E-state index contributed by atoms with van der Waals surface area (Å²) in [6.07, 6.45) is 2.95. The molecule has 0 saturated heterocycles. The lowest BCUT2D eigenvalue weighted by molar-refractivity contribution is -0.121. The van der Waals surface area contributed by atoms with Gasteiger partial charge >= 0.3 is 0 Å². The fourth-order valence-corrected chi connectivity index (χ4v) is 2.33. The maximum atomic E-state index is 12.0. The fourth-order valence-electron chi connectivity index (χ4n) is 2.33. The number of aromatic nitrogens is 1. The molecule has 0 aliphatic heterocycles. The standard InChI is InChI=1S/C17H24N2O2/c1-4-21-16-7-5-6-15-14(16)9-11-19(15)12-17(20)18-10-8-13(2)3/h5-7,9,11,13H,4,8,10,12H2,1-3H3,(H,18,20). The monoisotopic (exact) mass is 288 g/mol. The van der Waals surface area contributed by atoms with Gasteiger partial charge < -0.3 is 14.6 Å². The number of hydrogen-bond acceptors (Lipinski definition) is 2. The number of carbonyl (C=O) groups is 1. The van der Waals surface area contributed by atoms with E-state index >= 15 is 0 Å². The van der Waals surface area contributed by atoms with E-state index in [-0.39, 0.29) is 5.91 Å². The fraction of sp³-hybridized carbons (Fsp3) is 0.471. The first-order valence-electron chi connectivity index (χ1n) is 7.59. The van der Waals surface area contributed by atoms with Crippen molar-refractivity contribution in [3.63, 3.8) is 0 Å². The van der Waals surface area contributed by atoms with Crippen LogP contribution in [0.25, 0.3) is 10.9 Å². The molecule has 0 bridgehead atoms. The van der Waals surface area contributed by atoms with Gasteiger partial charge in [0.05, 0.1) is 12.1 Å². The Hall–Kier alpha value is -1.97. The van der Waals surface area contributed by atoms with E-state index in [9.17, 15) is 4.79 Å². The van der Waals surface area contributed by atoms with Crippen LogP contribution in [0, 0.1) is 5.92 Å². The van der Waals surface area contributed by atoms with E-state index in [1.165, 1.54) is 0 Å². The quantitative estimate of drug-likeness (QED) is 0.850. The summed E-state index contributed by atoms with van der Waals surface area (Å²) in [4.78, 5) is 12.0. The molecule has 2 aromatic rings. The minimum Gasteiger partial charge on any atom is -0.493 e. The molecular formula is C17H24N2O2. The van der Waals surface area contributed by atoms with Gasteiger partial charge in [0.1, 0.15) is 12.3 Å². The Bertz CT molecular complexity index is 602. The van der Waals surface area contributed by atoms with Gasteiger partial charge in [0.15, 0.2) is 0 Å². The third kappa shape index (κ3) is 4.00. The second kappa shape index (κ2) is 7.16. The Morgan fingerprint density at radius 2 is 2.14 bits per heavy atom. The van der Waals surface area contributed by atoms with Crippen molar-refractivity contribution in [1.29, 1.82) is 0 Å². The highest BCUT2D eigenvalue weighted by molar-refractivity contribution is 5.88. The zero-order valence-corrected chi connectivity index (χ0v) is 13.1. The molecule has 1 N–H and O–H groups in total. The van der Waals surface area contributed by atoms with E-state index in [1.807, 2.05) is 42.0 Å². The predicted molar refractivity (Wildman–Crippen MR) is 85.6 cm³/mol. The first kappa shape index (κ1) is 15.4. The van der Waals surface area contributed by atoms with Crippen molar-refractivity contribution in [1.82, 2.24) is 9.88 Å². The Morgan fingerprint density at radius 1 is 1.33 bits per heavy atom. The van der Waals surface area contributed by atoms with Gasteiger partial charge in [-0.15, -0.1) is 0 Å². The molecule has 0 radical (unpaired) electrons. The summed E-state index contributed by atoms with van der Waals surface area (Å²) in [7, 11) is 0. The second-order valence-electron chi connectivity index (χ2n) is 5.60. The summed E-state index contributed by atoms with van der Waals surface area (Å²) in [6.45, 7) is 8.00. The van der Waals surface area contributed by atoms with Crippen molar-refractivity contribution in [2.45, 2.75) is 33.7 Å². The Labute approximate surface area is 126 Å². The molecule has 0 atom stereocenters. The zero-order valence-electron chi connectivity index (χ0n) is 13.1. The lowest BCUT2D eigenvalue weighted by Crippen LogP contribution is -2.28. The van der Waals surface area contributed by atoms with Crippen LogP contribution in [0.15, 0.2) is 30.5 Å². The molecule has 1 amide bonds. The van der Waals surface area contributed by atoms with Gasteiger partial charge in [-0.25, -0.2) is 0 Å². The number of carbonyl (C=O) groups excluding carboxylic acids is 1. The van der Waals surface area contributed by atoms with Crippen LogP contribution < -0.4 is 10.1 Å². The SMILES string of the molecule is CCOc1cccc2c1ccn2CC(=O)NCCC(C)C. The summed E-state index contributed by atoms with van der Waals surface area (Å²) < 4.78 is 7.58. The van der Waals surface area contributed by atoms with Gasteiger partial charge in [-0.1, -0.05) is 19.9 Å². The number of hydrogen-bond donors (Lipinski definition) is 1. The van der Waals surface area contributed by atoms with E-state index in [0.717, 1.165) is 29.6 Å². The van der Waals surface area contributed by atoms with Crippen molar-refractivity contribution in [2.75, 3.05) is 13.2 Å². The molecule has 1 aromatic carbocycles. The van der Waals surface area contributed by atoms with E-state index < -0.39 is 0 Å². The van der Waals surface area contributed by atoms with Crippen LogP contribution in [0.4, 0.5) is 0 Å². The molecule has 0 aliphatic carbocycles. The van der Waals surface area contributed by atoms with Gasteiger partial charge in [-0.3, -0.25) is 4.79 Å². The van der Waals surface area contributed by atoms with Crippen molar-refractivity contribution in [3.05, 3.63) is 30.5 Å². The number of benzene rings is 1. The average molecular weight is 288 g/mol. The lowest BCUT2D eigenvalue weighted by Gasteiger charge is -2.09. The third-order valence-corrected chi connectivity index (χ3v) is 3.43. The van der Waals surface area contributed by atoms with Crippen LogP contribution in [0.2, 0.25) is 0 Å². The molecule has 0 saturated carbocycles. The van der Waals surface area contributed by atoms with Gasteiger partial charge in [-0.05, 0) is 37.5 Å². The summed E-state index contributed by atoms with van der Waals surface area (Å²) in [5.41, 5.74) is 1.03. The van der Waals surface area contributed by atoms with Gasteiger partial charge in [0.2, 0.25) is 5.91 Å². The Balaban J connectivity index is 2.05. The molecule has 2 rings (SSSR count). The Kier molecular flexibility index (Phi) is 5.26. The highest BCUT2D eigenvalue weighted by atomic mass is 16.5. The molecular weight excluding hydrogens is 264 g/mol. The molecule has 0 unspecified atom stereocenters. The first-order valence-corrected chi connectivity index (χ1v) is 7.59. The van der Waals surface area contributed by atoms with Gasteiger partial charge in [-0.2, -0.15) is 0 Å². The van der Waals surface area contributed by atoms with Crippen LogP contribution in [0.3, 0.4) is 0 Å². The summed E-state index contributed by atoms with van der Waals surface area (Å²) in [6, 6.07) is 7.93. The molecule has 0 spiro atoms. The number of ether oxygens (including phenoxy) is 1. The van der Waals surface area contributed by atoms with Crippen LogP contribution in [0.1, 0.15) is 27.2 Å². The molecule has 114 valence electrons. The number of nitrogens with zero attached hydrogens (tertiary/aromatic N) is 1. The summed E-state index contributed by atoms with van der Waals surface area (Å²) in [5.74, 6) is 1.52. The van der Waals surface area contributed by atoms with Crippen LogP contribution in [-0.2, 0) is 11.3 Å². The summed E-state index contributed by atoms with van der Waals surface area (Å²) in [5, 5.41) is 4.02. The van der Waals surface area contributed by atoms with Crippen molar-refractivity contribution < 1.29 is 9.53 Å². The highest BCUT2D eigenvalue weighted by Gasteiger charge is 2.09. The molecule has 1 aromatic heterocycles.